The zero-order chi connectivity index (χ0) is 13.6. The Bertz CT molecular complexity index is 193. The Hall–Kier alpha value is -0.570. The summed E-state index contributed by atoms with van der Waals surface area (Å²) in [6, 6.07) is 0. The molecule has 0 radical (unpaired) electrons. The van der Waals surface area contributed by atoms with Gasteiger partial charge in [-0.1, -0.05) is 58.3 Å². The number of rotatable bonds is 12. The molecule has 0 rings (SSSR count). The van der Waals surface area contributed by atoms with Crippen LogP contribution in [-0.4, -0.2) is 23.7 Å². The molecule has 1 amide bonds. The second-order valence-corrected chi connectivity index (χ2v) is 5.23. The van der Waals surface area contributed by atoms with Crippen molar-refractivity contribution in [1.29, 1.82) is 0 Å². The third-order valence-corrected chi connectivity index (χ3v) is 3.10. The highest BCUT2D eigenvalue weighted by Gasteiger charge is 2.02. The van der Waals surface area contributed by atoms with Gasteiger partial charge in [0.25, 0.3) is 0 Å². The molecule has 0 heterocycles. The first-order chi connectivity index (χ1) is 8.66. The van der Waals surface area contributed by atoms with Crippen molar-refractivity contribution in [2.45, 2.75) is 84.2 Å². The number of aliphatic hydroxyl groups is 1. The van der Waals surface area contributed by atoms with Gasteiger partial charge >= 0.3 is 0 Å². The molecular formula is C15H31NO2. The van der Waals surface area contributed by atoms with E-state index in [9.17, 15) is 4.79 Å². The lowest BCUT2D eigenvalue weighted by atomic mass is 10.1. The maximum absolute atomic E-state index is 11.3. The number of aliphatic hydroxyl groups excluding tert-OH is 1. The number of hydrogen-bond donors (Lipinski definition) is 2. The van der Waals surface area contributed by atoms with Crippen molar-refractivity contribution in [2.75, 3.05) is 6.54 Å². The molecule has 0 aliphatic carbocycles. The van der Waals surface area contributed by atoms with Gasteiger partial charge < -0.3 is 10.4 Å². The lowest BCUT2D eigenvalue weighted by Gasteiger charge is -2.06. The Morgan fingerprint density at radius 3 is 2.00 bits per heavy atom. The Morgan fingerprint density at radius 2 is 1.50 bits per heavy atom. The summed E-state index contributed by atoms with van der Waals surface area (Å²) in [4.78, 5) is 11.3. The zero-order valence-electron chi connectivity index (χ0n) is 12.2. The summed E-state index contributed by atoms with van der Waals surface area (Å²) in [7, 11) is 0. The van der Waals surface area contributed by atoms with Gasteiger partial charge in [-0.15, -0.1) is 0 Å². The second-order valence-electron chi connectivity index (χ2n) is 5.23. The molecule has 0 saturated heterocycles. The van der Waals surface area contributed by atoms with Crippen molar-refractivity contribution in [3.63, 3.8) is 0 Å². The van der Waals surface area contributed by atoms with Crippen LogP contribution in [0.4, 0.5) is 0 Å². The molecule has 0 aliphatic heterocycles. The molecule has 1 unspecified atom stereocenters. The van der Waals surface area contributed by atoms with Crippen LogP contribution in [0.15, 0.2) is 0 Å². The molecule has 0 aromatic rings. The van der Waals surface area contributed by atoms with Gasteiger partial charge in [-0.2, -0.15) is 0 Å². The first-order valence-corrected chi connectivity index (χ1v) is 7.61. The number of carbonyl (C=O) groups excluding carboxylic acids is 1. The first kappa shape index (κ1) is 17.4. The molecule has 0 fully saturated rings. The van der Waals surface area contributed by atoms with E-state index < -0.39 is 6.10 Å². The summed E-state index contributed by atoms with van der Waals surface area (Å²) in [6.45, 7) is 4.29. The predicted molar refractivity (Wildman–Crippen MR) is 76.5 cm³/mol. The van der Waals surface area contributed by atoms with E-state index in [1.54, 1.807) is 6.92 Å². The van der Waals surface area contributed by atoms with Crippen molar-refractivity contribution in [2.24, 2.45) is 0 Å². The third kappa shape index (κ3) is 13.5. The number of hydrogen-bond acceptors (Lipinski definition) is 2. The average molecular weight is 257 g/mol. The highest BCUT2D eigenvalue weighted by Crippen LogP contribution is 2.10. The van der Waals surface area contributed by atoms with E-state index in [1.165, 1.54) is 44.9 Å². The summed E-state index contributed by atoms with van der Waals surface area (Å²) >= 11 is 0. The van der Waals surface area contributed by atoms with E-state index >= 15 is 0 Å². The molecule has 3 nitrogen and oxygen atoms in total. The van der Waals surface area contributed by atoms with Crippen LogP contribution in [0, 0.1) is 0 Å². The van der Waals surface area contributed by atoms with Crippen LogP contribution in [0.3, 0.4) is 0 Å². The van der Waals surface area contributed by atoms with Crippen LogP contribution in [0.25, 0.3) is 0 Å². The fourth-order valence-corrected chi connectivity index (χ4v) is 1.95. The summed E-state index contributed by atoms with van der Waals surface area (Å²) in [5, 5.41) is 11.7. The molecule has 0 spiro atoms. The molecule has 18 heavy (non-hydrogen) atoms. The topological polar surface area (TPSA) is 49.3 Å². The van der Waals surface area contributed by atoms with Crippen molar-refractivity contribution >= 4 is 5.91 Å². The molecule has 108 valence electrons. The van der Waals surface area contributed by atoms with Crippen molar-refractivity contribution in [3.05, 3.63) is 0 Å². The molecule has 3 heteroatoms. The van der Waals surface area contributed by atoms with E-state index in [-0.39, 0.29) is 5.91 Å². The number of amides is 1. The second kappa shape index (κ2) is 12.9. The molecule has 1 atom stereocenters. The van der Waals surface area contributed by atoms with E-state index in [4.69, 9.17) is 5.11 Å². The standard InChI is InChI=1S/C15H31NO2/c1-3-4-5-6-7-8-9-10-11-12-15(18)16-13-14(2)17/h14,17H,3-13H2,1-2H3,(H,16,18). The van der Waals surface area contributed by atoms with Gasteiger partial charge in [-0.25, -0.2) is 0 Å². The van der Waals surface area contributed by atoms with Gasteiger partial charge in [-0.3, -0.25) is 4.79 Å². The molecule has 0 saturated carbocycles. The van der Waals surface area contributed by atoms with E-state index in [0.29, 0.717) is 13.0 Å². The van der Waals surface area contributed by atoms with Gasteiger partial charge in [0.05, 0.1) is 6.10 Å². The third-order valence-electron chi connectivity index (χ3n) is 3.10. The van der Waals surface area contributed by atoms with Crippen molar-refractivity contribution in [3.8, 4) is 0 Å². The minimum atomic E-state index is -0.447. The summed E-state index contributed by atoms with van der Waals surface area (Å²) < 4.78 is 0. The highest BCUT2D eigenvalue weighted by atomic mass is 16.3. The summed E-state index contributed by atoms with van der Waals surface area (Å²) in [6.07, 6.45) is 11.6. The molecule has 0 aromatic heterocycles. The Balaban J connectivity index is 3.12. The Kier molecular flexibility index (Phi) is 12.5. The van der Waals surface area contributed by atoms with Crippen LogP contribution in [0.1, 0.15) is 78.1 Å². The first-order valence-electron chi connectivity index (χ1n) is 7.61. The molecule has 0 aliphatic rings. The SMILES string of the molecule is CCCCCCCCCCCC(=O)NCC(C)O. The monoisotopic (exact) mass is 257 g/mol. The van der Waals surface area contributed by atoms with E-state index in [0.717, 1.165) is 12.8 Å². The van der Waals surface area contributed by atoms with Crippen LogP contribution in [-0.2, 0) is 4.79 Å². The van der Waals surface area contributed by atoms with E-state index in [2.05, 4.69) is 12.2 Å². The van der Waals surface area contributed by atoms with Gasteiger partial charge in [0.1, 0.15) is 0 Å². The Morgan fingerprint density at radius 1 is 1.00 bits per heavy atom. The lowest BCUT2D eigenvalue weighted by molar-refractivity contribution is -0.121. The number of unbranched alkanes of at least 4 members (excludes halogenated alkanes) is 8. The smallest absolute Gasteiger partial charge is 0.220 e. The zero-order valence-corrected chi connectivity index (χ0v) is 12.2. The van der Waals surface area contributed by atoms with Gasteiger partial charge in [0.2, 0.25) is 5.91 Å². The van der Waals surface area contributed by atoms with Crippen LogP contribution in [0.2, 0.25) is 0 Å². The van der Waals surface area contributed by atoms with Crippen molar-refractivity contribution in [1.82, 2.24) is 5.32 Å². The molecule has 2 N–H and O–H groups in total. The maximum Gasteiger partial charge on any atom is 0.220 e. The van der Waals surface area contributed by atoms with Gasteiger partial charge in [0, 0.05) is 13.0 Å². The maximum atomic E-state index is 11.3. The number of nitrogens with one attached hydrogen (secondary N) is 1. The Labute approximate surface area is 112 Å². The minimum Gasteiger partial charge on any atom is -0.392 e. The fraction of sp³-hybridized carbons (Fsp3) is 0.933. The molecule has 0 bridgehead atoms. The highest BCUT2D eigenvalue weighted by molar-refractivity contribution is 5.75. The molecular weight excluding hydrogens is 226 g/mol. The minimum absolute atomic E-state index is 0.0684. The van der Waals surface area contributed by atoms with Gasteiger partial charge in [0.15, 0.2) is 0 Å². The summed E-state index contributed by atoms with van der Waals surface area (Å²) in [5.74, 6) is 0.0684. The van der Waals surface area contributed by atoms with E-state index in [1.807, 2.05) is 0 Å². The van der Waals surface area contributed by atoms with Crippen LogP contribution in [0.5, 0.6) is 0 Å². The van der Waals surface area contributed by atoms with Crippen molar-refractivity contribution < 1.29 is 9.90 Å². The predicted octanol–water partition coefficient (Wildman–Crippen LogP) is 3.40. The quantitative estimate of drug-likeness (QED) is 0.526. The number of carbonyl (C=O) groups is 1. The normalized spacial score (nSPS) is 12.4. The average Bonchev–Trinajstić information content (AvgIpc) is 2.34. The largest absolute Gasteiger partial charge is 0.392 e. The van der Waals surface area contributed by atoms with Crippen LogP contribution < -0.4 is 5.32 Å². The fourth-order valence-electron chi connectivity index (χ4n) is 1.95. The van der Waals surface area contributed by atoms with Gasteiger partial charge in [-0.05, 0) is 13.3 Å². The van der Waals surface area contributed by atoms with Crippen LogP contribution >= 0.6 is 0 Å². The molecule has 0 aromatic carbocycles. The lowest BCUT2D eigenvalue weighted by Crippen LogP contribution is -2.30. The summed E-state index contributed by atoms with van der Waals surface area (Å²) in [5.41, 5.74) is 0.